The Morgan fingerprint density at radius 3 is 2.50 bits per heavy atom. The van der Waals surface area contributed by atoms with E-state index in [1.807, 2.05) is 13.0 Å². The first-order valence-corrected chi connectivity index (χ1v) is 8.59. The summed E-state index contributed by atoms with van der Waals surface area (Å²) < 4.78 is 0. The number of benzene rings is 1. The molecule has 2 heterocycles. The third kappa shape index (κ3) is 3.22. The first-order valence-electron chi connectivity index (χ1n) is 8.21. The Balaban J connectivity index is 1.49. The second kappa shape index (κ2) is 6.70. The van der Waals surface area contributed by atoms with E-state index >= 15 is 0 Å². The molecule has 0 spiro atoms. The number of nitriles is 1. The highest BCUT2D eigenvalue weighted by Crippen LogP contribution is 2.30. The Labute approximate surface area is 155 Å². The van der Waals surface area contributed by atoms with Gasteiger partial charge in [0.1, 0.15) is 0 Å². The molecule has 1 aliphatic rings. The largest absolute Gasteiger partial charge is 0.351 e. The summed E-state index contributed by atoms with van der Waals surface area (Å²) >= 11 is 6.09. The molecule has 0 radical (unpaired) electrons. The summed E-state index contributed by atoms with van der Waals surface area (Å²) in [4.78, 5) is 17.3. The quantitative estimate of drug-likeness (QED) is 0.768. The van der Waals surface area contributed by atoms with Crippen molar-refractivity contribution in [3.8, 4) is 17.5 Å². The zero-order chi connectivity index (χ0) is 18.1. The minimum Gasteiger partial charge on any atom is -0.351 e. The van der Waals surface area contributed by atoms with Crippen molar-refractivity contribution < 1.29 is 0 Å². The summed E-state index contributed by atoms with van der Waals surface area (Å²) in [5.74, 6) is 1.15. The second-order valence-electron chi connectivity index (χ2n) is 6.33. The van der Waals surface area contributed by atoms with Gasteiger partial charge in [0.05, 0.1) is 17.2 Å². The first-order chi connectivity index (χ1) is 12.6. The average molecular weight is 363 g/mol. The van der Waals surface area contributed by atoms with Gasteiger partial charge in [0.15, 0.2) is 5.82 Å². The molecule has 1 aliphatic carbocycles. The van der Waals surface area contributed by atoms with Crippen LogP contribution in [0.5, 0.6) is 0 Å². The lowest BCUT2D eigenvalue weighted by atomic mass is 10.0. The lowest BCUT2D eigenvalue weighted by Crippen LogP contribution is -2.21. The Morgan fingerprint density at radius 1 is 1.08 bits per heavy atom. The maximum absolute atomic E-state index is 9.29. The Bertz CT molecular complexity index is 992. The SMILES string of the molecule is Cc1cnc(-c2cnc(N[C@H]3Cc4cc(Cl)cc(C#N)c4C3)nc2)nc1. The molecule has 0 bridgehead atoms. The predicted octanol–water partition coefficient (Wildman–Crippen LogP) is 3.35. The zero-order valence-corrected chi connectivity index (χ0v) is 14.8. The van der Waals surface area contributed by atoms with E-state index in [4.69, 9.17) is 11.6 Å². The molecule has 2 aromatic heterocycles. The molecule has 1 N–H and O–H groups in total. The molecule has 0 unspecified atom stereocenters. The van der Waals surface area contributed by atoms with Crippen molar-refractivity contribution in [2.24, 2.45) is 0 Å². The van der Waals surface area contributed by atoms with Crippen LogP contribution >= 0.6 is 11.6 Å². The van der Waals surface area contributed by atoms with Crippen molar-refractivity contribution >= 4 is 17.5 Å². The van der Waals surface area contributed by atoms with E-state index in [-0.39, 0.29) is 6.04 Å². The van der Waals surface area contributed by atoms with Gasteiger partial charge in [0.25, 0.3) is 0 Å². The third-order valence-electron chi connectivity index (χ3n) is 4.37. The summed E-state index contributed by atoms with van der Waals surface area (Å²) in [6, 6.07) is 6.01. The van der Waals surface area contributed by atoms with E-state index in [9.17, 15) is 5.26 Å². The van der Waals surface area contributed by atoms with E-state index < -0.39 is 0 Å². The second-order valence-corrected chi connectivity index (χ2v) is 6.77. The van der Waals surface area contributed by atoms with Crippen LogP contribution in [0.25, 0.3) is 11.4 Å². The number of rotatable bonds is 3. The molecule has 7 heteroatoms. The molecule has 0 fully saturated rings. The van der Waals surface area contributed by atoms with Crippen LogP contribution in [-0.2, 0) is 12.8 Å². The zero-order valence-electron chi connectivity index (χ0n) is 14.1. The van der Waals surface area contributed by atoms with E-state index in [1.54, 1.807) is 30.9 Å². The van der Waals surface area contributed by atoms with Crippen LogP contribution < -0.4 is 5.32 Å². The van der Waals surface area contributed by atoms with Crippen LogP contribution in [0.2, 0.25) is 5.02 Å². The van der Waals surface area contributed by atoms with E-state index in [1.165, 1.54) is 0 Å². The van der Waals surface area contributed by atoms with Crippen LogP contribution in [0.4, 0.5) is 5.95 Å². The van der Waals surface area contributed by atoms with Crippen LogP contribution in [0.3, 0.4) is 0 Å². The lowest BCUT2D eigenvalue weighted by Gasteiger charge is -2.11. The molecule has 1 atom stereocenters. The van der Waals surface area contributed by atoms with Gasteiger partial charge in [0, 0.05) is 35.9 Å². The van der Waals surface area contributed by atoms with Crippen molar-refractivity contribution in [2.45, 2.75) is 25.8 Å². The molecular weight excluding hydrogens is 348 g/mol. The van der Waals surface area contributed by atoms with Gasteiger partial charge in [-0.3, -0.25) is 0 Å². The number of nitrogens with one attached hydrogen (secondary N) is 1. The summed E-state index contributed by atoms with van der Waals surface area (Å²) in [6.45, 7) is 1.94. The van der Waals surface area contributed by atoms with Crippen LogP contribution in [0.15, 0.2) is 36.9 Å². The molecule has 3 aromatic rings. The molecule has 4 rings (SSSR count). The topological polar surface area (TPSA) is 87.4 Å². The van der Waals surface area contributed by atoms with Gasteiger partial charge in [0.2, 0.25) is 5.95 Å². The molecule has 0 saturated heterocycles. The van der Waals surface area contributed by atoms with Gasteiger partial charge in [-0.15, -0.1) is 0 Å². The Kier molecular flexibility index (Phi) is 4.23. The molecule has 128 valence electrons. The van der Waals surface area contributed by atoms with Gasteiger partial charge < -0.3 is 5.32 Å². The summed E-state index contributed by atoms with van der Waals surface area (Å²) in [6.07, 6.45) is 8.49. The predicted molar refractivity (Wildman–Crippen MR) is 98.8 cm³/mol. The fraction of sp³-hybridized carbons (Fsp3) is 0.211. The van der Waals surface area contributed by atoms with Crippen LogP contribution in [-0.4, -0.2) is 26.0 Å². The highest BCUT2D eigenvalue weighted by molar-refractivity contribution is 6.30. The number of aromatic nitrogens is 4. The number of fused-ring (bicyclic) bond motifs is 1. The van der Waals surface area contributed by atoms with Crippen LogP contribution in [0.1, 0.15) is 22.3 Å². The summed E-state index contributed by atoms with van der Waals surface area (Å²) in [7, 11) is 0. The van der Waals surface area contributed by atoms with E-state index in [0.717, 1.165) is 35.1 Å². The number of hydrogen-bond acceptors (Lipinski definition) is 6. The van der Waals surface area contributed by atoms with Crippen molar-refractivity contribution in [2.75, 3.05) is 5.32 Å². The minimum atomic E-state index is 0.136. The molecule has 0 saturated carbocycles. The average Bonchev–Trinajstić information content (AvgIpc) is 3.04. The van der Waals surface area contributed by atoms with Gasteiger partial charge in [-0.2, -0.15) is 5.26 Å². The normalized spacial score (nSPS) is 15.3. The maximum atomic E-state index is 9.29. The fourth-order valence-corrected chi connectivity index (χ4v) is 3.39. The van der Waals surface area contributed by atoms with E-state index in [2.05, 4.69) is 31.3 Å². The molecule has 0 amide bonds. The fourth-order valence-electron chi connectivity index (χ4n) is 3.14. The Morgan fingerprint density at radius 2 is 1.81 bits per heavy atom. The molecule has 0 aliphatic heterocycles. The molecule has 1 aromatic carbocycles. The van der Waals surface area contributed by atoms with Crippen molar-refractivity contribution in [3.05, 3.63) is 64.2 Å². The number of hydrogen-bond donors (Lipinski definition) is 1. The smallest absolute Gasteiger partial charge is 0.222 e. The molecule has 6 nitrogen and oxygen atoms in total. The van der Waals surface area contributed by atoms with Gasteiger partial charge >= 0.3 is 0 Å². The van der Waals surface area contributed by atoms with Gasteiger partial charge in [-0.05, 0) is 48.6 Å². The molecular formula is C19H15ClN6. The van der Waals surface area contributed by atoms with Crippen molar-refractivity contribution in [3.63, 3.8) is 0 Å². The molecule has 26 heavy (non-hydrogen) atoms. The number of nitrogens with zero attached hydrogens (tertiary/aromatic N) is 5. The third-order valence-corrected chi connectivity index (χ3v) is 4.59. The number of aryl methyl sites for hydroxylation is 1. The number of halogens is 1. The summed E-state index contributed by atoms with van der Waals surface area (Å²) in [5, 5.41) is 13.2. The first kappa shape index (κ1) is 16.4. The number of anilines is 1. The van der Waals surface area contributed by atoms with Gasteiger partial charge in [-0.1, -0.05) is 11.6 Å². The lowest BCUT2D eigenvalue weighted by molar-refractivity contribution is 0.761. The van der Waals surface area contributed by atoms with E-state index in [0.29, 0.717) is 22.4 Å². The summed E-state index contributed by atoms with van der Waals surface area (Å²) in [5.41, 5.74) is 4.58. The Hall–Kier alpha value is -3.04. The minimum absolute atomic E-state index is 0.136. The monoisotopic (exact) mass is 362 g/mol. The maximum Gasteiger partial charge on any atom is 0.222 e. The van der Waals surface area contributed by atoms with Crippen molar-refractivity contribution in [1.29, 1.82) is 5.26 Å². The van der Waals surface area contributed by atoms with Crippen molar-refractivity contribution in [1.82, 2.24) is 19.9 Å². The van der Waals surface area contributed by atoms with Crippen LogP contribution in [0, 0.1) is 18.3 Å². The highest BCUT2D eigenvalue weighted by atomic mass is 35.5. The highest BCUT2D eigenvalue weighted by Gasteiger charge is 2.25. The standard InChI is InChI=1S/C19H15ClN6/c1-11-7-22-18(23-8-11)14-9-24-19(25-10-14)26-16-4-12-2-15(20)3-13(6-21)17(12)5-16/h2-3,7-10,16H,4-5H2,1H3,(H,24,25,26)/t16-/m0/s1. The van der Waals surface area contributed by atoms with Gasteiger partial charge in [-0.25, -0.2) is 19.9 Å².